The van der Waals surface area contributed by atoms with E-state index in [1.807, 2.05) is 53.4 Å². The molecule has 5 heteroatoms. The Morgan fingerprint density at radius 2 is 1.84 bits per heavy atom. The Hall–Kier alpha value is -2.17. The van der Waals surface area contributed by atoms with Gasteiger partial charge in [-0.2, -0.15) is 0 Å². The molecule has 25 heavy (non-hydrogen) atoms. The molecule has 0 bridgehead atoms. The van der Waals surface area contributed by atoms with Crippen molar-refractivity contribution in [2.24, 2.45) is 0 Å². The monoisotopic (exact) mass is 368 g/mol. The summed E-state index contributed by atoms with van der Waals surface area (Å²) in [6, 6.07) is 15.8. The molecule has 1 amide bonds. The molecule has 1 saturated heterocycles. The third kappa shape index (κ3) is 3.32. The van der Waals surface area contributed by atoms with E-state index in [4.69, 9.17) is 11.6 Å². The summed E-state index contributed by atoms with van der Waals surface area (Å²) in [6.07, 6.45) is 5.62. The third-order valence-corrected chi connectivity index (χ3v) is 5.92. The molecule has 0 spiro atoms. The minimum atomic E-state index is 0.115. The van der Waals surface area contributed by atoms with Crippen LogP contribution in [-0.2, 0) is 0 Å². The van der Waals surface area contributed by atoms with Gasteiger partial charge < -0.3 is 4.90 Å². The highest BCUT2D eigenvalue weighted by molar-refractivity contribution is 7.17. The summed E-state index contributed by atoms with van der Waals surface area (Å²) >= 11 is 7.49. The number of carbonyl (C=O) groups is 1. The fourth-order valence-electron chi connectivity index (χ4n) is 3.31. The number of halogens is 1. The van der Waals surface area contributed by atoms with Crippen molar-refractivity contribution in [1.82, 2.24) is 9.88 Å². The molecule has 4 rings (SSSR count). The number of benzene rings is 1. The predicted octanol–water partition coefficient (Wildman–Crippen LogP) is 5.44. The second kappa shape index (κ2) is 6.98. The number of nitrogens with zero attached hydrogens (tertiary/aromatic N) is 2. The zero-order valence-corrected chi connectivity index (χ0v) is 15.1. The van der Waals surface area contributed by atoms with E-state index >= 15 is 0 Å². The molecule has 0 N–H and O–H groups in total. The molecule has 3 nitrogen and oxygen atoms in total. The zero-order valence-electron chi connectivity index (χ0n) is 13.6. The summed E-state index contributed by atoms with van der Waals surface area (Å²) in [7, 11) is 0. The summed E-state index contributed by atoms with van der Waals surface area (Å²) in [5, 5.41) is 0.717. The van der Waals surface area contributed by atoms with Gasteiger partial charge in [0.05, 0.1) is 10.9 Å². The van der Waals surface area contributed by atoms with Crippen LogP contribution in [0.25, 0.3) is 10.4 Å². The van der Waals surface area contributed by atoms with E-state index in [2.05, 4.69) is 4.98 Å². The minimum Gasteiger partial charge on any atom is -0.331 e. The van der Waals surface area contributed by atoms with Crippen LogP contribution in [0.4, 0.5) is 0 Å². The van der Waals surface area contributed by atoms with E-state index in [0.717, 1.165) is 40.3 Å². The van der Waals surface area contributed by atoms with Gasteiger partial charge in [-0.3, -0.25) is 9.78 Å². The Morgan fingerprint density at radius 3 is 2.60 bits per heavy atom. The lowest BCUT2D eigenvalue weighted by molar-refractivity contribution is 0.0740. The van der Waals surface area contributed by atoms with Crippen molar-refractivity contribution in [2.45, 2.75) is 18.9 Å². The third-order valence-electron chi connectivity index (χ3n) is 4.55. The Balaban J connectivity index is 1.58. The number of hydrogen-bond donors (Lipinski definition) is 0. The van der Waals surface area contributed by atoms with Gasteiger partial charge in [0.2, 0.25) is 0 Å². The molecule has 1 atom stereocenters. The van der Waals surface area contributed by atoms with Gasteiger partial charge in [-0.15, -0.1) is 11.3 Å². The van der Waals surface area contributed by atoms with Gasteiger partial charge >= 0.3 is 0 Å². The van der Waals surface area contributed by atoms with E-state index in [9.17, 15) is 4.79 Å². The van der Waals surface area contributed by atoms with Gasteiger partial charge in [0, 0.05) is 28.8 Å². The quantitative estimate of drug-likeness (QED) is 0.616. The number of likely N-dealkylation sites (tertiary alicyclic amines) is 1. The first-order valence-electron chi connectivity index (χ1n) is 8.29. The molecule has 1 aliphatic heterocycles. The predicted molar refractivity (Wildman–Crippen MR) is 102 cm³/mol. The molecule has 0 saturated carbocycles. The number of pyridine rings is 1. The van der Waals surface area contributed by atoms with Crippen LogP contribution in [0.2, 0.25) is 5.02 Å². The van der Waals surface area contributed by atoms with Gasteiger partial charge in [0.1, 0.15) is 0 Å². The van der Waals surface area contributed by atoms with E-state index < -0.39 is 0 Å². The summed E-state index contributed by atoms with van der Waals surface area (Å²) in [4.78, 5) is 21.0. The minimum absolute atomic E-state index is 0.115. The Bertz CT molecular complexity index is 876. The number of amides is 1. The fraction of sp³-hybridized carbons (Fsp3) is 0.200. The average Bonchev–Trinajstić information content (AvgIpc) is 3.32. The van der Waals surface area contributed by atoms with Gasteiger partial charge in [0.15, 0.2) is 0 Å². The van der Waals surface area contributed by atoms with E-state index in [1.54, 1.807) is 12.4 Å². The number of aromatic nitrogens is 1. The molecule has 2 aromatic heterocycles. The Morgan fingerprint density at radius 1 is 1.08 bits per heavy atom. The lowest BCUT2D eigenvalue weighted by Crippen LogP contribution is -2.29. The molecule has 1 aromatic carbocycles. The normalized spacial score (nSPS) is 17.0. The number of rotatable bonds is 3. The fourth-order valence-corrected chi connectivity index (χ4v) is 4.40. The van der Waals surface area contributed by atoms with Crippen LogP contribution in [0, 0.1) is 0 Å². The smallest absolute Gasteiger partial charge is 0.264 e. The highest BCUT2D eigenvalue weighted by Gasteiger charge is 2.31. The first kappa shape index (κ1) is 16.3. The van der Waals surface area contributed by atoms with Crippen molar-refractivity contribution in [3.05, 3.63) is 76.4 Å². The molecular weight excluding hydrogens is 352 g/mol. The molecule has 1 aliphatic rings. The number of hydrogen-bond acceptors (Lipinski definition) is 3. The highest BCUT2D eigenvalue weighted by atomic mass is 35.5. The van der Waals surface area contributed by atoms with Gasteiger partial charge in [-0.05, 0) is 60.4 Å². The largest absolute Gasteiger partial charge is 0.331 e. The summed E-state index contributed by atoms with van der Waals surface area (Å²) in [6.45, 7) is 0.806. The average molecular weight is 369 g/mol. The Kier molecular flexibility index (Phi) is 4.55. The number of carbonyl (C=O) groups excluding carboxylic acids is 1. The maximum Gasteiger partial charge on any atom is 0.264 e. The van der Waals surface area contributed by atoms with Crippen LogP contribution in [0.3, 0.4) is 0 Å². The molecule has 0 aliphatic carbocycles. The van der Waals surface area contributed by atoms with E-state index in [-0.39, 0.29) is 11.9 Å². The van der Waals surface area contributed by atoms with E-state index in [0.29, 0.717) is 5.02 Å². The maximum absolute atomic E-state index is 13.0. The molecule has 1 unspecified atom stereocenters. The van der Waals surface area contributed by atoms with Gasteiger partial charge in [0.25, 0.3) is 5.91 Å². The molecule has 126 valence electrons. The first-order valence-corrected chi connectivity index (χ1v) is 9.48. The van der Waals surface area contributed by atoms with Crippen LogP contribution in [0.5, 0.6) is 0 Å². The number of thiophene rings is 1. The highest BCUT2D eigenvalue weighted by Crippen LogP contribution is 2.35. The van der Waals surface area contributed by atoms with Crippen LogP contribution in [-0.4, -0.2) is 22.3 Å². The van der Waals surface area contributed by atoms with Crippen molar-refractivity contribution in [1.29, 1.82) is 0 Å². The van der Waals surface area contributed by atoms with Crippen molar-refractivity contribution < 1.29 is 4.79 Å². The van der Waals surface area contributed by atoms with E-state index in [1.165, 1.54) is 11.3 Å². The zero-order chi connectivity index (χ0) is 17.2. The second-order valence-electron chi connectivity index (χ2n) is 6.11. The van der Waals surface area contributed by atoms with Gasteiger partial charge in [-0.25, -0.2) is 0 Å². The first-order chi connectivity index (χ1) is 12.2. The summed E-state index contributed by atoms with van der Waals surface area (Å²) < 4.78 is 0. The molecule has 3 heterocycles. The van der Waals surface area contributed by atoms with Crippen LogP contribution >= 0.6 is 22.9 Å². The van der Waals surface area contributed by atoms with Crippen molar-refractivity contribution in [2.75, 3.05) is 6.54 Å². The van der Waals surface area contributed by atoms with Crippen molar-refractivity contribution in [3.8, 4) is 10.4 Å². The standard InChI is InChI=1S/C20H17ClN2OS/c21-16-5-3-15(4-6-16)18-7-8-19(25-18)20(24)23-13-1-2-17(23)14-9-11-22-12-10-14/h3-12,17H,1-2,13H2. The molecular formula is C20H17ClN2OS. The Labute approximate surface area is 155 Å². The summed E-state index contributed by atoms with van der Waals surface area (Å²) in [5.41, 5.74) is 2.25. The molecule has 0 radical (unpaired) electrons. The SMILES string of the molecule is O=C(c1ccc(-c2ccc(Cl)cc2)s1)N1CCCC1c1ccncc1. The lowest BCUT2D eigenvalue weighted by Gasteiger charge is -2.24. The van der Waals surface area contributed by atoms with Crippen LogP contribution in [0.1, 0.15) is 34.1 Å². The molecule has 3 aromatic rings. The van der Waals surface area contributed by atoms with Crippen LogP contribution < -0.4 is 0 Å². The van der Waals surface area contributed by atoms with Crippen LogP contribution in [0.15, 0.2) is 60.9 Å². The van der Waals surface area contributed by atoms with Crippen molar-refractivity contribution in [3.63, 3.8) is 0 Å². The molecule has 1 fully saturated rings. The second-order valence-corrected chi connectivity index (χ2v) is 7.63. The lowest BCUT2D eigenvalue weighted by atomic mass is 10.1. The summed E-state index contributed by atoms with van der Waals surface area (Å²) in [5.74, 6) is 0.115. The maximum atomic E-state index is 13.0. The topological polar surface area (TPSA) is 33.2 Å². The van der Waals surface area contributed by atoms with Gasteiger partial charge in [-0.1, -0.05) is 23.7 Å². The van der Waals surface area contributed by atoms with Crippen molar-refractivity contribution >= 4 is 28.8 Å².